The van der Waals surface area contributed by atoms with E-state index in [0.29, 0.717) is 31.5 Å². The van der Waals surface area contributed by atoms with Crippen molar-refractivity contribution < 1.29 is 14.3 Å². The summed E-state index contributed by atoms with van der Waals surface area (Å²) in [5.41, 5.74) is 0.771. The first kappa shape index (κ1) is 23.2. The Balaban J connectivity index is 1.61. The molecule has 2 aromatic carbocycles. The van der Waals surface area contributed by atoms with Crippen LogP contribution in [-0.2, 0) is 4.79 Å². The highest BCUT2D eigenvalue weighted by atomic mass is 79.9. The van der Waals surface area contributed by atoms with Crippen molar-refractivity contribution in [3.8, 4) is 5.75 Å². The molecule has 0 unspecified atom stereocenters. The maximum atomic E-state index is 12.6. The smallest absolute Gasteiger partial charge is 0.262 e. The molecular weight excluding hydrogens is 515 g/mol. The molecule has 1 fully saturated rings. The summed E-state index contributed by atoms with van der Waals surface area (Å²) in [6, 6.07) is 8.08. The van der Waals surface area contributed by atoms with Gasteiger partial charge in [-0.1, -0.05) is 54.1 Å². The fourth-order valence-corrected chi connectivity index (χ4v) is 4.86. The molecule has 3 rings (SSSR count). The van der Waals surface area contributed by atoms with Gasteiger partial charge in [-0.05, 0) is 59.1 Å². The third-order valence-electron chi connectivity index (χ3n) is 4.75. The molecule has 1 aliphatic rings. The van der Waals surface area contributed by atoms with E-state index in [2.05, 4.69) is 26.6 Å². The van der Waals surface area contributed by atoms with Crippen molar-refractivity contribution in [2.75, 3.05) is 11.9 Å². The van der Waals surface area contributed by atoms with Crippen LogP contribution in [0, 0.1) is 0 Å². The molecule has 1 aliphatic carbocycles. The van der Waals surface area contributed by atoms with Gasteiger partial charge in [-0.3, -0.25) is 9.59 Å². The Bertz CT molecular complexity index is 926. The van der Waals surface area contributed by atoms with E-state index in [9.17, 15) is 9.59 Å². The van der Waals surface area contributed by atoms with Gasteiger partial charge in [0.1, 0.15) is 0 Å². The van der Waals surface area contributed by atoms with Gasteiger partial charge in [0.15, 0.2) is 12.4 Å². The molecule has 0 aliphatic heterocycles. The third kappa shape index (κ3) is 6.27. The van der Waals surface area contributed by atoms with Gasteiger partial charge in [0.25, 0.3) is 11.8 Å². The molecule has 30 heavy (non-hydrogen) atoms. The Morgan fingerprint density at radius 3 is 2.47 bits per heavy atom. The zero-order valence-corrected chi connectivity index (χ0v) is 19.8. The lowest BCUT2D eigenvalue weighted by atomic mass is 9.95. The Hall–Kier alpha value is -1.47. The van der Waals surface area contributed by atoms with Crippen LogP contribution >= 0.6 is 50.7 Å². The number of ether oxygens (including phenoxy) is 1. The van der Waals surface area contributed by atoms with Gasteiger partial charge in [0.05, 0.1) is 20.1 Å². The summed E-state index contributed by atoms with van der Waals surface area (Å²) >= 11 is 21.5. The topological polar surface area (TPSA) is 67.4 Å². The fourth-order valence-electron chi connectivity index (χ4n) is 3.29. The van der Waals surface area contributed by atoms with Gasteiger partial charge in [-0.25, -0.2) is 0 Å². The number of anilines is 1. The molecule has 0 saturated heterocycles. The summed E-state index contributed by atoms with van der Waals surface area (Å²) in [5, 5.41) is 6.79. The predicted molar refractivity (Wildman–Crippen MR) is 124 cm³/mol. The lowest BCUT2D eigenvalue weighted by molar-refractivity contribution is -0.118. The van der Waals surface area contributed by atoms with Crippen LogP contribution in [0.25, 0.3) is 0 Å². The largest absolute Gasteiger partial charge is 0.481 e. The number of hydrogen-bond donors (Lipinski definition) is 2. The minimum absolute atomic E-state index is 0.163. The Morgan fingerprint density at radius 2 is 1.77 bits per heavy atom. The van der Waals surface area contributed by atoms with E-state index in [1.54, 1.807) is 24.3 Å². The molecule has 0 radical (unpaired) electrons. The molecule has 0 bridgehead atoms. The zero-order chi connectivity index (χ0) is 21.7. The molecule has 0 aromatic heterocycles. The van der Waals surface area contributed by atoms with Crippen LogP contribution in [0.3, 0.4) is 0 Å². The second-order valence-corrected chi connectivity index (χ2v) is 9.14. The first-order chi connectivity index (χ1) is 14.3. The van der Waals surface area contributed by atoms with Gasteiger partial charge in [-0.15, -0.1) is 0 Å². The van der Waals surface area contributed by atoms with Crippen molar-refractivity contribution >= 4 is 68.2 Å². The quantitative estimate of drug-likeness (QED) is 0.445. The molecule has 2 N–H and O–H groups in total. The normalized spacial score (nSPS) is 14.3. The van der Waals surface area contributed by atoms with E-state index in [0.717, 1.165) is 25.7 Å². The number of carbonyl (C=O) groups excluding carboxylic acids is 2. The van der Waals surface area contributed by atoms with Crippen LogP contribution in [0.2, 0.25) is 15.1 Å². The first-order valence-electron chi connectivity index (χ1n) is 9.51. The number of amides is 2. The Labute approximate surface area is 198 Å². The maximum Gasteiger partial charge on any atom is 0.262 e. The summed E-state index contributed by atoms with van der Waals surface area (Å²) in [4.78, 5) is 24.9. The Morgan fingerprint density at radius 1 is 1.03 bits per heavy atom. The average Bonchev–Trinajstić information content (AvgIpc) is 2.69. The monoisotopic (exact) mass is 532 g/mol. The molecule has 2 aromatic rings. The van der Waals surface area contributed by atoms with E-state index in [1.807, 2.05) is 0 Å². The van der Waals surface area contributed by atoms with Crippen LogP contribution in [0.4, 0.5) is 5.69 Å². The van der Waals surface area contributed by atoms with Crippen molar-refractivity contribution in [1.29, 1.82) is 0 Å². The summed E-state index contributed by atoms with van der Waals surface area (Å²) < 4.78 is 6.05. The van der Waals surface area contributed by atoms with Gasteiger partial charge in [0.2, 0.25) is 0 Å². The molecular formula is C21H20BrCl3N2O3. The van der Waals surface area contributed by atoms with E-state index < -0.39 is 5.91 Å². The molecule has 0 spiro atoms. The average molecular weight is 535 g/mol. The van der Waals surface area contributed by atoms with Crippen molar-refractivity contribution in [3.05, 3.63) is 55.4 Å². The predicted octanol–water partition coefficient (Wildman–Crippen LogP) is 6.49. The molecule has 1 saturated carbocycles. The van der Waals surface area contributed by atoms with Crippen molar-refractivity contribution in [3.63, 3.8) is 0 Å². The van der Waals surface area contributed by atoms with E-state index >= 15 is 0 Å². The molecule has 160 valence electrons. The molecule has 0 atom stereocenters. The van der Waals surface area contributed by atoms with Crippen LogP contribution < -0.4 is 15.4 Å². The van der Waals surface area contributed by atoms with Gasteiger partial charge < -0.3 is 15.4 Å². The summed E-state index contributed by atoms with van der Waals surface area (Å²) in [6.45, 7) is -0.272. The molecule has 0 heterocycles. The highest BCUT2D eigenvalue weighted by Gasteiger charge is 2.19. The zero-order valence-electron chi connectivity index (χ0n) is 15.9. The fraction of sp³-hybridized carbons (Fsp3) is 0.333. The lowest BCUT2D eigenvalue weighted by Gasteiger charge is -2.23. The number of rotatable bonds is 6. The molecule has 2 amide bonds. The van der Waals surface area contributed by atoms with Crippen molar-refractivity contribution in [1.82, 2.24) is 5.32 Å². The highest BCUT2D eigenvalue weighted by molar-refractivity contribution is 9.10. The minimum atomic E-state index is -0.408. The molecule has 5 nitrogen and oxygen atoms in total. The van der Waals surface area contributed by atoms with E-state index in [4.69, 9.17) is 39.5 Å². The summed E-state index contributed by atoms with van der Waals surface area (Å²) in [7, 11) is 0. The summed E-state index contributed by atoms with van der Waals surface area (Å²) in [5.74, 6) is -0.329. The lowest BCUT2D eigenvalue weighted by Crippen LogP contribution is -2.36. The second-order valence-electron chi connectivity index (χ2n) is 7.04. The van der Waals surface area contributed by atoms with Gasteiger partial charge in [-0.2, -0.15) is 0 Å². The second kappa shape index (κ2) is 10.7. The van der Waals surface area contributed by atoms with Crippen LogP contribution in [0.15, 0.2) is 34.8 Å². The standard InChI is InChI=1S/C21H20BrCl3N2O3/c22-16-8-12(23)9-18(25)20(16)30-11-19(28)26-14-6-7-17(24)15(10-14)21(29)27-13-4-2-1-3-5-13/h6-10,13H,1-5,11H2,(H,26,28)(H,27,29). The third-order valence-corrected chi connectivity index (χ3v) is 6.16. The summed E-state index contributed by atoms with van der Waals surface area (Å²) in [6.07, 6.45) is 5.37. The van der Waals surface area contributed by atoms with Crippen LogP contribution in [0.5, 0.6) is 5.75 Å². The van der Waals surface area contributed by atoms with Crippen molar-refractivity contribution in [2.24, 2.45) is 0 Å². The van der Waals surface area contributed by atoms with E-state index in [-0.39, 0.29) is 23.6 Å². The minimum Gasteiger partial charge on any atom is -0.481 e. The van der Waals surface area contributed by atoms with E-state index in [1.165, 1.54) is 12.5 Å². The number of nitrogens with one attached hydrogen (secondary N) is 2. The van der Waals surface area contributed by atoms with Gasteiger partial charge in [0, 0.05) is 16.8 Å². The Kier molecular flexibility index (Phi) is 8.28. The maximum absolute atomic E-state index is 12.6. The number of hydrogen-bond acceptors (Lipinski definition) is 3. The number of benzene rings is 2. The highest BCUT2D eigenvalue weighted by Crippen LogP contribution is 2.36. The number of halogens is 4. The van der Waals surface area contributed by atoms with Gasteiger partial charge >= 0.3 is 0 Å². The SMILES string of the molecule is O=C(COc1c(Cl)cc(Cl)cc1Br)Nc1ccc(Cl)c(C(=O)NC2CCCCC2)c1. The first-order valence-corrected chi connectivity index (χ1v) is 11.4. The van der Waals surface area contributed by atoms with Crippen LogP contribution in [0.1, 0.15) is 42.5 Å². The van der Waals surface area contributed by atoms with Crippen LogP contribution in [-0.4, -0.2) is 24.5 Å². The number of carbonyl (C=O) groups is 2. The van der Waals surface area contributed by atoms with Crippen molar-refractivity contribution in [2.45, 2.75) is 38.1 Å². The molecule has 9 heteroatoms.